The molecule has 0 saturated carbocycles. The normalized spacial score (nSPS) is 11.2. The van der Waals surface area contributed by atoms with Gasteiger partial charge in [0.15, 0.2) is 0 Å². The van der Waals surface area contributed by atoms with Crippen molar-refractivity contribution in [3.8, 4) is 11.3 Å². The van der Waals surface area contributed by atoms with Gasteiger partial charge < -0.3 is 4.57 Å². The van der Waals surface area contributed by atoms with Crippen LogP contribution in [0.4, 0.5) is 5.95 Å². The Kier molecular flexibility index (Phi) is 3.87. The van der Waals surface area contributed by atoms with Crippen LogP contribution in [-0.2, 0) is 14.1 Å². The molecule has 29 heavy (non-hydrogen) atoms. The lowest BCUT2D eigenvalue weighted by atomic mass is 10.1. The van der Waals surface area contributed by atoms with Crippen LogP contribution < -0.4 is 5.32 Å². The molecule has 7 nitrogen and oxygen atoms in total. The van der Waals surface area contributed by atoms with Crippen LogP contribution >= 0.6 is 0 Å². The van der Waals surface area contributed by atoms with E-state index in [1.807, 2.05) is 73.4 Å². The molecule has 3 aromatic heterocycles. The zero-order valence-corrected chi connectivity index (χ0v) is 16.0. The van der Waals surface area contributed by atoms with Gasteiger partial charge in [-0.05, 0) is 24.3 Å². The number of nitrogens with zero attached hydrogens (tertiary/aromatic N) is 5. The van der Waals surface area contributed by atoms with Gasteiger partial charge in [-0.1, -0.05) is 30.3 Å². The molecule has 0 unspecified atom stereocenters. The third-order valence-corrected chi connectivity index (χ3v) is 4.97. The van der Waals surface area contributed by atoms with Crippen LogP contribution in [0.2, 0.25) is 0 Å². The lowest BCUT2D eigenvalue weighted by Gasteiger charge is -2.10. The summed E-state index contributed by atoms with van der Waals surface area (Å²) in [6, 6.07) is 17.2. The zero-order chi connectivity index (χ0) is 20.0. The zero-order valence-electron chi connectivity index (χ0n) is 16.0. The predicted octanol–water partition coefficient (Wildman–Crippen LogP) is 3.77. The minimum Gasteiger partial charge on any atom is -0.313 e. The maximum Gasteiger partial charge on any atom is 0.258 e. The fourth-order valence-corrected chi connectivity index (χ4v) is 3.49. The number of nitrogens with one attached hydrogen (secondary N) is 1. The number of hydrogen-bond donors (Lipinski definition) is 1. The van der Waals surface area contributed by atoms with Crippen LogP contribution in [0.3, 0.4) is 0 Å². The average molecular weight is 382 g/mol. The van der Waals surface area contributed by atoms with Gasteiger partial charge in [-0.2, -0.15) is 5.10 Å². The summed E-state index contributed by atoms with van der Waals surface area (Å²) in [4.78, 5) is 22.5. The Balaban J connectivity index is 1.61. The number of imidazole rings is 1. The van der Waals surface area contributed by atoms with E-state index in [0.29, 0.717) is 17.2 Å². The maximum atomic E-state index is 13.2. The maximum absolute atomic E-state index is 13.2. The molecule has 0 saturated heterocycles. The highest BCUT2D eigenvalue weighted by Crippen LogP contribution is 2.26. The highest BCUT2D eigenvalue weighted by molar-refractivity contribution is 6.13. The van der Waals surface area contributed by atoms with E-state index in [2.05, 4.69) is 15.4 Å². The van der Waals surface area contributed by atoms with Gasteiger partial charge in [0.05, 0.1) is 34.0 Å². The monoisotopic (exact) mass is 382 g/mol. The Morgan fingerprint density at radius 2 is 1.72 bits per heavy atom. The number of aromatic nitrogens is 5. The van der Waals surface area contributed by atoms with Crippen molar-refractivity contribution < 1.29 is 4.79 Å². The van der Waals surface area contributed by atoms with Crippen LogP contribution in [0.5, 0.6) is 0 Å². The first-order valence-corrected chi connectivity index (χ1v) is 9.22. The predicted molar refractivity (Wildman–Crippen MR) is 113 cm³/mol. The highest BCUT2D eigenvalue weighted by atomic mass is 16.1. The fourth-order valence-electron chi connectivity index (χ4n) is 3.49. The molecule has 2 aromatic carbocycles. The van der Waals surface area contributed by atoms with Crippen molar-refractivity contribution in [3.05, 3.63) is 72.6 Å². The first-order valence-electron chi connectivity index (χ1n) is 9.22. The van der Waals surface area contributed by atoms with Gasteiger partial charge in [-0.15, -0.1) is 0 Å². The smallest absolute Gasteiger partial charge is 0.258 e. The summed E-state index contributed by atoms with van der Waals surface area (Å²) < 4.78 is 3.59. The Hall–Kier alpha value is -4.00. The second-order valence-electron chi connectivity index (χ2n) is 6.91. The molecule has 0 aliphatic heterocycles. The summed E-state index contributed by atoms with van der Waals surface area (Å²) in [5.41, 5.74) is 4.65. The summed E-state index contributed by atoms with van der Waals surface area (Å²) in [6.07, 6.45) is 3.62. The number of carbonyl (C=O) groups is 1. The minimum atomic E-state index is -0.229. The number of hydrogen-bond acceptors (Lipinski definition) is 4. The molecular formula is C22H18N6O. The Labute approximate surface area is 166 Å². The van der Waals surface area contributed by atoms with Gasteiger partial charge in [0.2, 0.25) is 5.95 Å². The van der Waals surface area contributed by atoms with Crippen LogP contribution in [0.25, 0.3) is 33.2 Å². The molecule has 0 fully saturated rings. The van der Waals surface area contributed by atoms with E-state index in [9.17, 15) is 4.79 Å². The number of amides is 1. The number of fused-ring (bicyclic) bond motifs is 2. The molecule has 7 heteroatoms. The van der Waals surface area contributed by atoms with Gasteiger partial charge in [0.25, 0.3) is 5.91 Å². The lowest BCUT2D eigenvalue weighted by Crippen LogP contribution is -2.16. The lowest BCUT2D eigenvalue weighted by molar-refractivity contribution is 0.102. The second kappa shape index (κ2) is 6.56. The van der Waals surface area contributed by atoms with Crippen molar-refractivity contribution in [3.63, 3.8) is 0 Å². The van der Waals surface area contributed by atoms with Crippen molar-refractivity contribution >= 4 is 33.8 Å². The number of anilines is 1. The second-order valence-corrected chi connectivity index (χ2v) is 6.91. The van der Waals surface area contributed by atoms with E-state index in [1.165, 1.54) is 0 Å². The highest BCUT2D eigenvalue weighted by Gasteiger charge is 2.17. The first kappa shape index (κ1) is 17.1. The number of benzene rings is 2. The molecule has 0 aliphatic rings. The third-order valence-electron chi connectivity index (χ3n) is 4.97. The summed E-state index contributed by atoms with van der Waals surface area (Å²) in [7, 11) is 3.74. The summed E-state index contributed by atoms with van der Waals surface area (Å²) in [5.74, 6) is 0.271. The molecule has 0 aliphatic carbocycles. The van der Waals surface area contributed by atoms with Gasteiger partial charge in [0, 0.05) is 31.2 Å². The molecule has 1 amide bonds. The van der Waals surface area contributed by atoms with Gasteiger partial charge >= 0.3 is 0 Å². The number of rotatable bonds is 3. The van der Waals surface area contributed by atoms with Crippen LogP contribution in [0.15, 0.2) is 67.0 Å². The van der Waals surface area contributed by atoms with Crippen molar-refractivity contribution in [1.82, 2.24) is 24.3 Å². The summed E-state index contributed by atoms with van der Waals surface area (Å²) in [5, 5.41) is 7.96. The largest absolute Gasteiger partial charge is 0.313 e. The molecule has 142 valence electrons. The van der Waals surface area contributed by atoms with Gasteiger partial charge in [-0.3, -0.25) is 14.8 Å². The average Bonchev–Trinajstić information content (AvgIpc) is 3.31. The standard InChI is InChI=1S/C22H18N6O/c1-27-13-14(12-23-27)19-11-16(15-7-3-4-8-17(15)24-19)21(29)26-22-25-18-9-5-6-10-20(18)28(22)2/h3-13H,1-2H3,(H,25,26,29). The van der Waals surface area contributed by atoms with E-state index >= 15 is 0 Å². The Bertz CT molecular complexity index is 1380. The number of aryl methyl sites for hydroxylation is 2. The van der Waals surface area contributed by atoms with E-state index < -0.39 is 0 Å². The molecule has 0 spiro atoms. The summed E-state index contributed by atoms with van der Waals surface area (Å²) >= 11 is 0. The molecule has 0 atom stereocenters. The van der Waals surface area contributed by atoms with Crippen molar-refractivity contribution in [2.24, 2.45) is 14.1 Å². The molecule has 3 heterocycles. The number of pyridine rings is 1. The topological polar surface area (TPSA) is 77.6 Å². The van der Waals surface area contributed by atoms with E-state index in [4.69, 9.17) is 4.98 Å². The molecular weight excluding hydrogens is 364 g/mol. The number of carbonyl (C=O) groups excluding carboxylic acids is 1. The fraction of sp³-hybridized carbons (Fsp3) is 0.0909. The Morgan fingerprint density at radius 3 is 2.48 bits per heavy atom. The van der Waals surface area contributed by atoms with Gasteiger partial charge in [0.1, 0.15) is 0 Å². The van der Waals surface area contributed by atoms with E-state index in [1.54, 1.807) is 16.9 Å². The van der Waals surface area contributed by atoms with Crippen molar-refractivity contribution in [1.29, 1.82) is 0 Å². The van der Waals surface area contributed by atoms with Gasteiger partial charge in [-0.25, -0.2) is 9.97 Å². The molecule has 5 aromatic rings. The molecule has 1 N–H and O–H groups in total. The Morgan fingerprint density at radius 1 is 0.966 bits per heavy atom. The van der Waals surface area contributed by atoms with E-state index in [0.717, 1.165) is 27.5 Å². The van der Waals surface area contributed by atoms with E-state index in [-0.39, 0.29) is 5.91 Å². The molecule has 0 bridgehead atoms. The molecule has 0 radical (unpaired) electrons. The van der Waals surface area contributed by atoms with Crippen LogP contribution in [0, 0.1) is 0 Å². The van der Waals surface area contributed by atoms with Crippen molar-refractivity contribution in [2.45, 2.75) is 0 Å². The van der Waals surface area contributed by atoms with Crippen LogP contribution in [0.1, 0.15) is 10.4 Å². The quantitative estimate of drug-likeness (QED) is 0.515. The summed E-state index contributed by atoms with van der Waals surface area (Å²) in [6.45, 7) is 0. The number of para-hydroxylation sites is 3. The third kappa shape index (κ3) is 2.93. The molecule has 5 rings (SSSR count). The first-order chi connectivity index (χ1) is 14.1. The SMILES string of the molecule is Cn1cc(-c2cc(C(=O)Nc3nc4ccccc4n3C)c3ccccc3n2)cn1. The van der Waals surface area contributed by atoms with Crippen molar-refractivity contribution in [2.75, 3.05) is 5.32 Å². The van der Waals surface area contributed by atoms with Crippen LogP contribution in [-0.4, -0.2) is 30.2 Å². The minimum absolute atomic E-state index is 0.229.